The topological polar surface area (TPSA) is 56.7 Å². The van der Waals surface area contributed by atoms with Crippen molar-refractivity contribution in [2.75, 3.05) is 19.6 Å². The third-order valence-electron chi connectivity index (χ3n) is 5.80. The minimum atomic E-state index is -0.463. The summed E-state index contributed by atoms with van der Waals surface area (Å²) < 4.78 is 0. The van der Waals surface area contributed by atoms with Crippen molar-refractivity contribution >= 4 is 17.2 Å². The van der Waals surface area contributed by atoms with E-state index in [0.717, 1.165) is 51.1 Å². The minimum absolute atomic E-state index is 0.0676. The highest BCUT2D eigenvalue weighted by atomic mass is 32.1. The number of hydrogen-bond donors (Lipinski definition) is 1. The van der Waals surface area contributed by atoms with Gasteiger partial charge in [0.15, 0.2) is 0 Å². The molecular formula is C17H27N3O2S. The first-order valence-corrected chi connectivity index (χ1v) is 9.32. The van der Waals surface area contributed by atoms with Gasteiger partial charge >= 0.3 is 0 Å². The van der Waals surface area contributed by atoms with E-state index in [4.69, 9.17) is 0 Å². The molecule has 0 aliphatic carbocycles. The molecule has 5 nitrogen and oxygen atoms in total. The Morgan fingerprint density at radius 1 is 1.43 bits per heavy atom. The maximum atomic E-state index is 12.1. The van der Waals surface area contributed by atoms with E-state index >= 15 is 0 Å². The predicted octanol–water partition coefficient (Wildman–Crippen LogP) is 2.12. The van der Waals surface area contributed by atoms with Gasteiger partial charge in [0, 0.05) is 25.4 Å². The van der Waals surface area contributed by atoms with E-state index < -0.39 is 11.6 Å². The molecule has 2 saturated heterocycles. The second kappa shape index (κ2) is 6.15. The number of aliphatic hydroxyl groups is 1. The number of carbonyl (C=O) groups excluding carboxylic acids is 1. The van der Waals surface area contributed by atoms with Gasteiger partial charge in [0.2, 0.25) is 5.91 Å². The Labute approximate surface area is 142 Å². The number of thiazole rings is 1. The maximum Gasteiger partial charge on any atom is 0.219 e. The van der Waals surface area contributed by atoms with E-state index in [9.17, 15) is 9.90 Å². The molecule has 3 heterocycles. The first-order valence-electron chi connectivity index (χ1n) is 8.38. The standard InChI is InChI=1S/C17H27N3O2S/c1-13(21)20-11-17(8-15(22)16(20,2)3)4-6-19(7-5-17)9-14-10-23-12-18-14/h10,12,15,22H,4-9,11H2,1-3H3. The molecule has 1 aromatic rings. The lowest BCUT2D eigenvalue weighted by molar-refractivity contribution is -0.157. The number of aromatic nitrogens is 1. The summed E-state index contributed by atoms with van der Waals surface area (Å²) in [6.45, 7) is 9.27. The molecule has 2 fully saturated rings. The predicted molar refractivity (Wildman–Crippen MR) is 91.1 cm³/mol. The summed E-state index contributed by atoms with van der Waals surface area (Å²) >= 11 is 1.64. The number of nitrogens with zero attached hydrogens (tertiary/aromatic N) is 3. The Morgan fingerprint density at radius 3 is 2.70 bits per heavy atom. The van der Waals surface area contributed by atoms with Crippen molar-refractivity contribution in [3.8, 4) is 0 Å². The smallest absolute Gasteiger partial charge is 0.219 e. The maximum absolute atomic E-state index is 12.1. The lowest BCUT2D eigenvalue weighted by Crippen LogP contribution is -2.64. The third kappa shape index (κ3) is 3.30. The van der Waals surface area contributed by atoms with Crippen molar-refractivity contribution in [2.24, 2.45) is 5.41 Å². The molecule has 23 heavy (non-hydrogen) atoms. The van der Waals surface area contributed by atoms with E-state index in [1.54, 1.807) is 18.3 Å². The van der Waals surface area contributed by atoms with Crippen LogP contribution in [0.1, 0.15) is 45.7 Å². The molecular weight excluding hydrogens is 310 g/mol. The van der Waals surface area contributed by atoms with Crippen LogP contribution < -0.4 is 0 Å². The second-order valence-electron chi connectivity index (χ2n) is 7.73. The molecule has 128 valence electrons. The Bertz CT molecular complexity index is 550. The molecule has 3 rings (SSSR count). The van der Waals surface area contributed by atoms with Gasteiger partial charge in [0.1, 0.15) is 0 Å². The molecule has 2 aliphatic rings. The first kappa shape index (κ1) is 16.9. The summed E-state index contributed by atoms with van der Waals surface area (Å²) in [7, 11) is 0. The van der Waals surface area contributed by atoms with Crippen molar-refractivity contribution in [3.05, 3.63) is 16.6 Å². The summed E-state index contributed by atoms with van der Waals surface area (Å²) in [5, 5.41) is 12.7. The number of hydrogen-bond acceptors (Lipinski definition) is 5. The van der Waals surface area contributed by atoms with Crippen molar-refractivity contribution in [2.45, 2.75) is 58.2 Å². The number of piperidine rings is 2. The number of amides is 1. The van der Waals surface area contributed by atoms with Crippen LogP contribution in [0.15, 0.2) is 10.9 Å². The molecule has 1 spiro atoms. The van der Waals surface area contributed by atoms with Gasteiger partial charge in [0.25, 0.3) is 0 Å². The van der Waals surface area contributed by atoms with Crippen LogP contribution in [0.25, 0.3) is 0 Å². The van der Waals surface area contributed by atoms with Crippen molar-refractivity contribution in [1.82, 2.24) is 14.8 Å². The van der Waals surface area contributed by atoms with E-state index in [2.05, 4.69) is 15.3 Å². The molecule has 2 aliphatic heterocycles. The monoisotopic (exact) mass is 337 g/mol. The van der Waals surface area contributed by atoms with Gasteiger partial charge in [0.05, 0.1) is 22.8 Å². The zero-order chi connectivity index (χ0) is 16.7. The highest BCUT2D eigenvalue weighted by molar-refractivity contribution is 7.07. The lowest BCUT2D eigenvalue weighted by atomic mass is 9.67. The molecule has 0 aromatic carbocycles. The van der Waals surface area contributed by atoms with Gasteiger partial charge in [-0.3, -0.25) is 9.69 Å². The molecule has 1 amide bonds. The number of rotatable bonds is 2. The van der Waals surface area contributed by atoms with Crippen LogP contribution in [0, 0.1) is 5.41 Å². The fourth-order valence-electron chi connectivity index (χ4n) is 4.05. The molecule has 1 N–H and O–H groups in total. The van der Waals surface area contributed by atoms with Gasteiger partial charge in [-0.2, -0.15) is 0 Å². The van der Waals surface area contributed by atoms with Crippen LogP contribution in [0.3, 0.4) is 0 Å². The largest absolute Gasteiger partial charge is 0.391 e. The molecule has 1 aromatic heterocycles. The lowest BCUT2D eigenvalue weighted by Gasteiger charge is -2.55. The number of aliphatic hydroxyl groups excluding tert-OH is 1. The van der Waals surface area contributed by atoms with Crippen LogP contribution >= 0.6 is 11.3 Å². The third-order valence-corrected chi connectivity index (χ3v) is 6.43. The first-order chi connectivity index (χ1) is 10.8. The summed E-state index contributed by atoms with van der Waals surface area (Å²) in [6, 6.07) is 0. The average molecular weight is 337 g/mol. The molecule has 0 bridgehead atoms. The fourth-order valence-corrected chi connectivity index (χ4v) is 4.60. The molecule has 0 radical (unpaired) electrons. The minimum Gasteiger partial charge on any atom is -0.391 e. The Hall–Kier alpha value is -0.980. The number of carbonyl (C=O) groups is 1. The SMILES string of the molecule is CC(=O)N1CC2(CCN(Cc3cscn3)CC2)CC(O)C1(C)C. The zero-order valence-corrected chi connectivity index (χ0v) is 15.1. The summed E-state index contributed by atoms with van der Waals surface area (Å²) in [4.78, 5) is 20.7. The second-order valence-corrected chi connectivity index (χ2v) is 8.45. The Kier molecular flexibility index (Phi) is 4.51. The summed E-state index contributed by atoms with van der Waals surface area (Å²) in [5.41, 5.74) is 2.63. The van der Waals surface area contributed by atoms with Gasteiger partial charge in [-0.15, -0.1) is 11.3 Å². The van der Waals surface area contributed by atoms with Crippen LogP contribution in [-0.2, 0) is 11.3 Å². The highest BCUT2D eigenvalue weighted by Gasteiger charge is 2.50. The van der Waals surface area contributed by atoms with Gasteiger partial charge in [-0.1, -0.05) is 0 Å². The molecule has 1 atom stereocenters. The van der Waals surface area contributed by atoms with Crippen molar-refractivity contribution in [3.63, 3.8) is 0 Å². The summed E-state index contributed by atoms with van der Waals surface area (Å²) in [5.74, 6) is 0.0676. The molecule has 0 saturated carbocycles. The number of likely N-dealkylation sites (tertiary alicyclic amines) is 2. The van der Waals surface area contributed by atoms with Gasteiger partial charge in [-0.05, 0) is 51.6 Å². The van der Waals surface area contributed by atoms with Crippen LogP contribution in [0.2, 0.25) is 0 Å². The Morgan fingerprint density at radius 2 is 2.13 bits per heavy atom. The normalized spacial score (nSPS) is 27.3. The van der Waals surface area contributed by atoms with Crippen LogP contribution in [0.5, 0.6) is 0 Å². The fraction of sp³-hybridized carbons (Fsp3) is 0.765. The van der Waals surface area contributed by atoms with E-state index in [0.29, 0.717) is 0 Å². The van der Waals surface area contributed by atoms with Crippen molar-refractivity contribution in [1.29, 1.82) is 0 Å². The van der Waals surface area contributed by atoms with E-state index in [-0.39, 0.29) is 11.3 Å². The highest BCUT2D eigenvalue weighted by Crippen LogP contribution is 2.45. The molecule has 1 unspecified atom stereocenters. The van der Waals surface area contributed by atoms with Gasteiger partial charge in [-0.25, -0.2) is 4.98 Å². The van der Waals surface area contributed by atoms with E-state index in [1.165, 1.54) is 0 Å². The average Bonchev–Trinajstić information content (AvgIpc) is 2.99. The van der Waals surface area contributed by atoms with Crippen LogP contribution in [-0.4, -0.2) is 57.1 Å². The van der Waals surface area contributed by atoms with Crippen LogP contribution in [0.4, 0.5) is 0 Å². The molecule has 6 heteroatoms. The van der Waals surface area contributed by atoms with Gasteiger partial charge < -0.3 is 10.0 Å². The Balaban J connectivity index is 1.66. The quantitative estimate of drug-likeness (QED) is 0.898. The van der Waals surface area contributed by atoms with E-state index in [1.807, 2.05) is 24.3 Å². The summed E-state index contributed by atoms with van der Waals surface area (Å²) in [6.07, 6.45) is 2.42. The zero-order valence-electron chi connectivity index (χ0n) is 14.3. The van der Waals surface area contributed by atoms with Crippen molar-refractivity contribution < 1.29 is 9.90 Å².